The van der Waals surface area contributed by atoms with Gasteiger partial charge < -0.3 is 14.4 Å². The van der Waals surface area contributed by atoms with Crippen molar-refractivity contribution in [2.45, 2.75) is 11.3 Å². The van der Waals surface area contributed by atoms with Gasteiger partial charge in [-0.05, 0) is 63.5 Å². The molecule has 0 aliphatic heterocycles. The van der Waals surface area contributed by atoms with Crippen molar-refractivity contribution in [1.29, 1.82) is 0 Å². The van der Waals surface area contributed by atoms with E-state index in [-0.39, 0.29) is 23.2 Å². The lowest BCUT2D eigenvalue weighted by molar-refractivity contribution is 0.0986. The lowest BCUT2D eigenvalue weighted by Crippen LogP contribution is -2.33. The van der Waals surface area contributed by atoms with Gasteiger partial charge in [-0.25, -0.2) is 17.7 Å². The van der Waals surface area contributed by atoms with E-state index in [1.807, 2.05) is 25.1 Å². The highest BCUT2D eigenvalue weighted by Gasteiger charge is 2.24. The lowest BCUT2D eigenvalue weighted by atomic mass is 10.2. The molecular formula is C23H31ClN4O5S2. The minimum Gasteiger partial charge on any atom is -0.495 e. The number of hydrogen-bond donors (Lipinski definition) is 0. The maximum Gasteiger partial charge on any atom is 0.260 e. The van der Waals surface area contributed by atoms with Crippen molar-refractivity contribution < 1.29 is 22.7 Å². The predicted octanol–water partition coefficient (Wildman–Crippen LogP) is 3.58. The predicted molar refractivity (Wildman–Crippen MR) is 142 cm³/mol. The number of carbonyl (C=O) groups excluding carboxylic acids is 1. The summed E-state index contributed by atoms with van der Waals surface area (Å²) in [6.07, 6.45) is 0.732. The summed E-state index contributed by atoms with van der Waals surface area (Å²) in [7, 11) is 6.47. The molecule has 0 atom stereocenters. The first-order valence-corrected chi connectivity index (χ1v) is 12.9. The fourth-order valence-electron chi connectivity index (χ4n) is 3.35. The van der Waals surface area contributed by atoms with Crippen molar-refractivity contribution >= 4 is 55.0 Å². The Morgan fingerprint density at radius 3 is 2.09 bits per heavy atom. The lowest BCUT2D eigenvalue weighted by Gasteiger charge is -2.21. The Morgan fingerprint density at radius 2 is 1.54 bits per heavy atom. The molecule has 0 saturated heterocycles. The molecule has 0 bridgehead atoms. The average Bonchev–Trinajstić information content (AvgIpc) is 3.25. The summed E-state index contributed by atoms with van der Waals surface area (Å²) in [5, 5.41) is 0.520. The van der Waals surface area contributed by atoms with E-state index < -0.39 is 10.0 Å². The monoisotopic (exact) mass is 542 g/mol. The Labute approximate surface area is 216 Å². The van der Waals surface area contributed by atoms with Crippen molar-refractivity contribution in [3.63, 3.8) is 0 Å². The van der Waals surface area contributed by atoms with Crippen LogP contribution in [-0.2, 0) is 10.0 Å². The Kier molecular flexibility index (Phi) is 9.87. The zero-order valence-electron chi connectivity index (χ0n) is 20.6. The standard InChI is InChI=1S/C23H30N4O5S2.ClH/c1-25(2)14-7-15-27(22(28)16-8-10-17(11-9-16)34(29,30)26(3)4)23-24-20-18(31-5)12-13-19(32-6)21(20)33-23;/h8-13H,7,14-15H2,1-6H3;1H. The molecule has 0 radical (unpaired) electrons. The second-order valence-corrected chi connectivity index (χ2v) is 11.2. The first-order chi connectivity index (χ1) is 16.1. The van der Waals surface area contributed by atoms with Gasteiger partial charge in [0.25, 0.3) is 5.91 Å². The van der Waals surface area contributed by atoms with Crippen molar-refractivity contribution in [3.05, 3.63) is 42.0 Å². The van der Waals surface area contributed by atoms with Crippen molar-refractivity contribution in [2.75, 3.05) is 60.4 Å². The minimum absolute atomic E-state index is 0. The highest BCUT2D eigenvalue weighted by atomic mass is 35.5. The number of anilines is 1. The fraction of sp³-hybridized carbons (Fsp3) is 0.391. The largest absolute Gasteiger partial charge is 0.495 e. The first-order valence-electron chi connectivity index (χ1n) is 10.6. The van der Waals surface area contributed by atoms with E-state index in [1.165, 1.54) is 49.7 Å². The molecule has 0 aliphatic rings. The molecule has 0 spiro atoms. The van der Waals surface area contributed by atoms with E-state index in [0.717, 1.165) is 22.0 Å². The SMILES string of the molecule is COc1ccc(OC)c2sc(N(CCCN(C)C)C(=O)c3ccc(S(=O)(=O)N(C)C)cc3)nc12.Cl. The van der Waals surface area contributed by atoms with Gasteiger partial charge in [0.2, 0.25) is 10.0 Å². The maximum absolute atomic E-state index is 13.6. The fourth-order valence-corrected chi connectivity index (χ4v) is 5.36. The van der Waals surface area contributed by atoms with Crippen molar-refractivity contribution in [2.24, 2.45) is 0 Å². The summed E-state index contributed by atoms with van der Waals surface area (Å²) in [5.74, 6) is 0.986. The molecule has 3 aromatic rings. The van der Waals surface area contributed by atoms with Gasteiger partial charge in [-0.2, -0.15) is 0 Å². The molecule has 9 nitrogen and oxygen atoms in total. The number of fused-ring (bicyclic) bond motifs is 1. The normalized spacial score (nSPS) is 11.5. The molecule has 1 heterocycles. The van der Waals surface area contributed by atoms with E-state index in [9.17, 15) is 13.2 Å². The van der Waals surface area contributed by atoms with Crippen molar-refractivity contribution in [3.8, 4) is 11.5 Å². The topological polar surface area (TPSA) is 92.3 Å². The number of hydrogen-bond acceptors (Lipinski definition) is 8. The molecule has 3 rings (SSSR count). The second-order valence-electron chi connectivity index (χ2n) is 8.07. The number of sulfonamides is 1. The van der Waals surface area contributed by atoms with Crippen molar-refractivity contribution in [1.82, 2.24) is 14.2 Å². The molecule has 0 aliphatic carbocycles. The number of aromatic nitrogens is 1. The third-order valence-corrected chi connectivity index (χ3v) is 8.16. The Balaban J connectivity index is 0.00000432. The molecule has 0 unspecified atom stereocenters. The van der Waals surface area contributed by atoms with Gasteiger partial charge in [0.1, 0.15) is 21.7 Å². The van der Waals surface area contributed by atoms with Crippen LogP contribution in [0.5, 0.6) is 11.5 Å². The van der Waals surface area contributed by atoms with Crippen LogP contribution in [0, 0.1) is 0 Å². The number of nitrogens with zero attached hydrogens (tertiary/aromatic N) is 4. The second kappa shape index (κ2) is 12.0. The molecule has 35 heavy (non-hydrogen) atoms. The number of benzene rings is 2. The highest BCUT2D eigenvalue weighted by Crippen LogP contribution is 2.40. The molecule has 2 aromatic carbocycles. The van der Waals surface area contributed by atoms with Crippen LogP contribution < -0.4 is 14.4 Å². The van der Waals surface area contributed by atoms with Crippen LogP contribution in [0.2, 0.25) is 0 Å². The quantitative estimate of drug-likeness (QED) is 0.386. The first kappa shape index (κ1) is 28.8. The van der Waals surface area contributed by atoms with Gasteiger partial charge in [0, 0.05) is 26.2 Å². The third kappa shape index (κ3) is 6.22. The van der Waals surface area contributed by atoms with Crippen LogP contribution in [0.4, 0.5) is 5.13 Å². The Bertz CT molecular complexity index is 1220. The number of thiazole rings is 1. The van der Waals surface area contributed by atoms with Gasteiger partial charge in [-0.15, -0.1) is 12.4 Å². The molecule has 1 amide bonds. The van der Waals surface area contributed by atoms with E-state index in [2.05, 4.69) is 0 Å². The summed E-state index contributed by atoms with van der Waals surface area (Å²) < 4.78 is 37.6. The van der Waals surface area contributed by atoms with Gasteiger partial charge in [0.05, 0.1) is 19.1 Å². The molecule has 0 N–H and O–H groups in total. The number of halogens is 1. The van der Waals surface area contributed by atoms with Gasteiger partial charge in [-0.3, -0.25) is 9.69 Å². The van der Waals surface area contributed by atoms with E-state index >= 15 is 0 Å². The summed E-state index contributed by atoms with van der Waals surface area (Å²) in [6, 6.07) is 9.56. The van der Waals surface area contributed by atoms with Crippen LogP contribution in [0.1, 0.15) is 16.8 Å². The summed E-state index contributed by atoms with van der Waals surface area (Å²) >= 11 is 1.35. The number of methoxy groups -OCH3 is 2. The van der Waals surface area contributed by atoms with E-state index in [0.29, 0.717) is 34.3 Å². The van der Waals surface area contributed by atoms with Crippen LogP contribution in [0.3, 0.4) is 0 Å². The summed E-state index contributed by atoms with van der Waals surface area (Å²) in [4.78, 5) is 22.1. The van der Waals surface area contributed by atoms with Gasteiger partial charge in [-0.1, -0.05) is 11.3 Å². The number of rotatable bonds is 10. The Morgan fingerprint density at radius 1 is 0.943 bits per heavy atom. The van der Waals surface area contributed by atoms with Gasteiger partial charge in [0.15, 0.2) is 5.13 Å². The molecule has 0 fully saturated rings. The molecule has 1 aromatic heterocycles. The molecule has 0 saturated carbocycles. The molecule has 12 heteroatoms. The zero-order chi connectivity index (χ0) is 25.0. The van der Waals surface area contributed by atoms with E-state index in [4.69, 9.17) is 14.5 Å². The summed E-state index contributed by atoms with van der Waals surface area (Å²) in [5.41, 5.74) is 1.00. The maximum atomic E-state index is 13.6. The Hall–Kier alpha value is -2.44. The number of amides is 1. The van der Waals surface area contributed by atoms with Crippen LogP contribution in [0.15, 0.2) is 41.3 Å². The smallest absolute Gasteiger partial charge is 0.260 e. The highest BCUT2D eigenvalue weighted by molar-refractivity contribution is 7.89. The van der Waals surface area contributed by atoms with E-state index in [1.54, 1.807) is 25.2 Å². The third-order valence-electron chi connectivity index (χ3n) is 5.24. The van der Waals surface area contributed by atoms with Gasteiger partial charge >= 0.3 is 0 Å². The van der Waals surface area contributed by atoms with Crippen LogP contribution in [-0.4, -0.2) is 84.0 Å². The zero-order valence-corrected chi connectivity index (χ0v) is 23.1. The minimum atomic E-state index is -3.58. The number of ether oxygens (including phenoxy) is 2. The average molecular weight is 543 g/mol. The van der Waals surface area contributed by atoms with Crippen LogP contribution >= 0.6 is 23.7 Å². The molecule has 192 valence electrons. The number of carbonyl (C=O) groups is 1. The summed E-state index contributed by atoms with van der Waals surface area (Å²) in [6.45, 7) is 1.24. The van der Waals surface area contributed by atoms with Crippen LogP contribution in [0.25, 0.3) is 10.2 Å². The molecular weight excluding hydrogens is 512 g/mol.